The minimum atomic E-state index is -0.350. The lowest BCUT2D eigenvalue weighted by molar-refractivity contribution is -0.136. The van der Waals surface area contributed by atoms with Crippen LogP contribution in [0.4, 0.5) is 0 Å². The Hall–Kier alpha value is -1.40. The first kappa shape index (κ1) is 15.0. The molecule has 0 saturated carbocycles. The van der Waals surface area contributed by atoms with Crippen molar-refractivity contribution < 1.29 is 9.53 Å². The molecular weight excluding hydrogens is 340 g/mol. The molecule has 4 nitrogen and oxygen atoms in total. The largest absolute Gasteiger partial charge is 0.466 e. The average molecular weight is 355 g/mol. The van der Waals surface area contributed by atoms with Crippen molar-refractivity contribution in [2.75, 3.05) is 14.2 Å². The highest BCUT2D eigenvalue weighted by molar-refractivity contribution is 9.10. The average Bonchev–Trinajstić information content (AvgIpc) is 2.44. The summed E-state index contributed by atoms with van der Waals surface area (Å²) in [5.41, 5.74) is 2.34. The Morgan fingerprint density at radius 1 is 1.40 bits per heavy atom. The predicted octanol–water partition coefficient (Wildman–Crippen LogP) is 2.76. The van der Waals surface area contributed by atoms with Gasteiger partial charge in [-0.2, -0.15) is 0 Å². The fourth-order valence-electron chi connectivity index (χ4n) is 2.12. The number of hydrogen-bond donors (Lipinski definition) is 1. The van der Waals surface area contributed by atoms with Crippen LogP contribution < -0.4 is 5.32 Å². The number of carbonyl (C=O) groups excluding carboxylic acids is 1. The summed E-state index contributed by atoms with van der Waals surface area (Å²) in [6, 6.07) is 7.47. The number of halogens is 1. The Balaban J connectivity index is 2.51. The molecule has 0 amide bonds. The van der Waals surface area contributed by atoms with Crippen LogP contribution >= 0.6 is 28.1 Å². The van der Waals surface area contributed by atoms with Gasteiger partial charge < -0.3 is 15.0 Å². The third kappa shape index (κ3) is 2.71. The van der Waals surface area contributed by atoms with E-state index in [-0.39, 0.29) is 12.0 Å². The van der Waals surface area contributed by atoms with E-state index in [9.17, 15) is 4.79 Å². The number of esters is 1. The normalized spacial score (nSPS) is 18.9. The summed E-state index contributed by atoms with van der Waals surface area (Å²) in [5.74, 6) is -0.350. The fourth-order valence-corrected chi connectivity index (χ4v) is 2.63. The highest BCUT2D eigenvalue weighted by Crippen LogP contribution is 2.31. The molecule has 1 aromatic carbocycles. The molecule has 1 unspecified atom stereocenters. The van der Waals surface area contributed by atoms with Crippen molar-refractivity contribution in [3.63, 3.8) is 0 Å². The molecule has 6 heteroatoms. The second-order valence-electron chi connectivity index (χ2n) is 4.48. The zero-order chi connectivity index (χ0) is 14.9. The molecule has 20 heavy (non-hydrogen) atoms. The quantitative estimate of drug-likeness (QED) is 0.653. The zero-order valence-electron chi connectivity index (χ0n) is 11.4. The van der Waals surface area contributed by atoms with Crippen LogP contribution in [0.5, 0.6) is 0 Å². The molecule has 106 valence electrons. The molecule has 0 aromatic heterocycles. The van der Waals surface area contributed by atoms with Crippen LogP contribution in [0.25, 0.3) is 0 Å². The first-order chi connectivity index (χ1) is 9.45. The number of ether oxygens (including phenoxy) is 1. The van der Waals surface area contributed by atoms with E-state index in [2.05, 4.69) is 21.2 Å². The maximum Gasteiger partial charge on any atom is 0.337 e. The van der Waals surface area contributed by atoms with Crippen molar-refractivity contribution in [3.8, 4) is 0 Å². The zero-order valence-corrected chi connectivity index (χ0v) is 13.8. The van der Waals surface area contributed by atoms with E-state index < -0.39 is 0 Å². The van der Waals surface area contributed by atoms with Gasteiger partial charge in [-0.3, -0.25) is 0 Å². The number of nitrogens with one attached hydrogen (secondary N) is 1. The summed E-state index contributed by atoms with van der Waals surface area (Å²) < 4.78 is 5.89. The van der Waals surface area contributed by atoms with Gasteiger partial charge in [0.1, 0.15) is 0 Å². The lowest BCUT2D eigenvalue weighted by Crippen LogP contribution is -2.46. The maximum atomic E-state index is 12.1. The van der Waals surface area contributed by atoms with Crippen LogP contribution in [0, 0.1) is 0 Å². The van der Waals surface area contributed by atoms with Gasteiger partial charge in [-0.25, -0.2) is 4.79 Å². The Labute approximate surface area is 131 Å². The van der Waals surface area contributed by atoms with Gasteiger partial charge in [0.15, 0.2) is 5.11 Å². The van der Waals surface area contributed by atoms with E-state index in [0.717, 1.165) is 15.7 Å². The molecule has 0 radical (unpaired) electrons. The van der Waals surface area contributed by atoms with Crippen LogP contribution in [0.3, 0.4) is 0 Å². The van der Waals surface area contributed by atoms with E-state index in [0.29, 0.717) is 10.7 Å². The Kier molecular flexibility index (Phi) is 4.45. The third-order valence-electron chi connectivity index (χ3n) is 3.36. The lowest BCUT2D eigenvalue weighted by Gasteiger charge is -2.35. The second-order valence-corrected chi connectivity index (χ2v) is 5.79. The molecule has 1 aliphatic rings. The number of hydrogen-bond acceptors (Lipinski definition) is 3. The number of allylic oxidation sites excluding steroid dienone is 1. The van der Waals surface area contributed by atoms with Crippen molar-refractivity contribution in [2.24, 2.45) is 0 Å². The van der Waals surface area contributed by atoms with E-state index >= 15 is 0 Å². The SMILES string of the molecule is COC(=O)C1=C(C)N(C)C(=S)NC1c1ccc(Br)cc1. The van der Waals surface area contributed by atoms with Crippen molar-refractivity contribution in [1.29, 1.82) is 0 Å². The Morgan fingerprint density at radius 3 is 2.55 bits per heavy atom. The topological polar surface area (TPSA) is 41.6 Å². The van der Waals surface area contributed by atoms with Crippen molar-refractivity contribution >= 4 is 39.2 Å². The minimum absolute atomic E-state index is 0.292. The first-order valence-corrected chi connectivity index (χ1v) is 7.24. The summed E-state index contributed by atoms with van der Waals surface area (Å²) in [7, 11) is 3.21. The Morgan fingerprint density at radius 2 is 2.00 bits per heavy atom. The second kappa shape index (κ2) is 5.93. The maximum absolute atomic E-state index is 12.1. The Bertz CT molecular complexity index is 583. The van der Waals surface area contributed by atoms with Gasteiger partial charge in [-0.1, -0.05) is 28.1 Å². The van der Waals surface area contributed by atoms with E-state index in [4.69, 9.17) is 17.0 Å². The van der Waals surface area contributed by atoms with E-state index in [1.54, 1.807) is 4.90 Å². The molecule has 1 aromatic rings. The van der Waals surface area contributed by atoms with Gasteiger partial charge in [-0.05, 0) is 36.8 Å². The van der Waals surface area contributed by atoms with Gasteiger partial charge >= 0.3 is 5.97 Å². The van der Waals surface area contributed by atoms with Crippen LogP contribution in [0.15, 0.2) is 40.0 Å². The number of nitrogens with zero attached hydrogens (tertiary/aromatic N) is 1. The highest BCUT2D eigenvalue weighted by atomic mass is 79.9. The minimum Gasteiger partial charge on any atom is -0.466 e. The molecule has 1 N–H and O–H groups in total. The summed E-state index contributed by atoms with van der Waals surface area (Å²) in [5, 5.41) is 3.77. The van der Waals surface area contributed by atoms with Crippen LogP contribution in [-0.4, -0.2) is 30.1 Å². The summed E-state index contributed by atoms with van der Waals surface area (Å²) in [4.78, 5) is 13.9. The number of carbonyl (C=O) groups is 1. The van der Waals surface area contributed by atoms with Gasteiger partial charge in [0, 0.05) is 17.2 Å². The fraction of sp³-hybridized carbons (Fsp3) is 0.286. The van der Waals surface area contributed by atoms with Gasteiger partial charge in [0.05, 0.1) is 18.7 Å². The van der Waals surface area contributed by atoms with Gasteiger partial charge in [0.25, 0.3) is 0 Å². The molecule has 1 atom stereocenters. The summed E-state index contributed by atoms with van der Waals surface area (Å²) >= 11 is 8.71. The predicted molar refractivity (Wildman–Crippen MR) is 85.1 cm³/mol. The molecule has 2 rings (SSSR count). The van der Waals surface area contributed by atoms with E-state index in [1.807, 2.05) is 38.2 Å². The molecule has 0 saturated heterocycles. The molecule has 0 fully saturated rings. The van der Waals surface area contributed by atoms with E-state index in [1.165, 1.54) is 7.11 Å². The smallest absolute Gasteiger partial charge is 0.337 e. The van der Waals surface area contributed by atoms with Crippen molar-refractivity contribution in [2.45, 2.75) is 13.0 Å². The number of rotatable bonds is 2. The van der Waals surface area contributed by atoms with Crippen molar-refractivity contribution in [1.82, 2.24) is 10.2 Å². The molecule has 0 bridgehead atoms. The molecule has 1 aliphatic heterocycles. The molecule has 0 spiro atoms. The van der Waals surface area contributed by atoms with Crippen molar-refractivity contribution in [3.05, 3.63) is 45.6 Å². The standard InChI is InChI=1S/C14H15BrN2O2S/c1-8-11(13(18)19-3)12(16-14(20)17(8)2)9-4-6-10(15)7-5-9/h4-7,12H,1-3H3,(H,16,20). The summed E-state index contributed by atoms with van der Waals surface area (Å²) in [6.07, 6.45) is 0. The number of thiocarbonyl (C=S) groups is 1. The third-order valence-corrected chi connectivity index (χ3v) is 4.28. The van der Waals surface area contributed by atoms with Gasteiger partial charge in [0.2, 0.25) is 0 Å². The first-order valence-electron chi connectivity index (χ1n) is 6.04. The molecular formula is C14H15BrN2O2S. The number of methoxy groups -OCH3 is 1. The lowest BCUT2D eigenvalue weighted by atomic mass is 9.95. The molecule has 1 heterocycles. The summed E-state index contributed by atoms with van der Waals surface area (Å²) in [6.45, 7) is 1.87. The van der Waals surface area contributed by atoms with Crippen LogP contribution in [0.2, 0.25) is 0 Å². The van der Waals surface area contributed by atoms with Crippen LogP contribution in [0.1, 0.15) is 18.5 Å². The van der Waals surface area contributed by atoms with Gasteiger partial charge in [-0.15, -0.1) is 0 Å². The number of benzene rings is 1. The highest BCUT2D eigenvalue weighted by Gasteiger charge is 2.32. The van der Waals surface area contributed by atoms with Crippen LogP contribution in [-0.2, 0) is 9.53 Å². The monoisotopic (exact) mass is 354 g/mol. The molecule has 0 aliphatic carbocycles.